The first-order valence-corrected chi connectivity index (χ1v) is 10.5. The number of ether oxygens (including phenoxy) is 5. The third-order valence-corrected chi connectivity index (χ3v) is 6.18. The van der Waals surface area contributed by atoms with E-state index in [4.69, 9.17) is 28.8 Å². The first-order chi connectivity index (χ1) is 15.9. The Labute approximate surface area is 192 Å². The second kappa shape index (κ2) is 10.8. The minimum atomic E-state index is -2.40. The zero-order valence-electron chi connectivity index (χ0n) is 17.8. The monoisotopic (exact) mass is 504 g/mol. The van der Waals surface area contributed by atoms with Gasteiger partial charge in [-0.05, 0) is 0 Å². The molecule has 0 unspecified atom stereocenters. The van der Waals surface area contributed by atoms with Crippen molar-refractivity contribution in [1.29, 1.82) is 0 Å². The molecule has 0 spiro atoms. The summed E-state index contributed by atoms with van der Waals surface area (Å²) >= 11 is 0. The van der Waals surface area contributed by atoms with Gasteiger partial charge in [-0.15, -0.1) is 0 Å². The van der Waals surface area contributed by atoms with Gasteiger partial charge in [-0.25, -0.2) is 0 Å². The maximum Gasteiger partial charge on any atom is 0.224 e. The molecule has 13 atom stereocenters. The largest absolute Gasteiger partial charge is 0.394 e. The number of hydrogen-bond acceptors (Lipinski definition) is 16. The van der Waals surface area contributed by atoms with Crippen molar-refractivity contribution in [1.82, 2.24) is 0 Å². The van der Waals surface area contributed by atoms with Crippen LogP contribution < -0.4 is 0 Å². The zero-order chi connectivity index (χ0) is 25.4. The van der Waals surface area contributed by atoms with Crippen molar-refractivity contribution in [2.75, 3.05) is 33.0 Å². The van der Waals surface area contributed by atoms with Crippen LogP contribution in [0.2, 0.25) is 0 Å². The zero-order valence-corrected chi connectivity index (χ0v) is 17.8. The first-order valence-electron chi connectivity index (χ1n) is 10.5. The van der Waals surface area contributed by atoms with Gasteiger partial charge in [-0.2, -0.15) is 0 Å². The molecule has 3 aliphatic heterocycles. The van der Waals surface area contributed by atoms with Crippen molar-refractivity contribution in [3.05, 3.63) is 0 Å². The lowest BCUT2D eigenvalue weighted by Crippen LogP contribution is -2.63. The topological polar surface area (TPSA) is 269 Å². The van der Waals surface area contributed by atoms with E-state index < -0.39 is 112 Å². The summed E-state index contributed by atoms with van der Waals surface area (Å²) in [6.45, 7) is -3.82. The van der Waals surface area contributed by atoms with Gasteiger partial charge in [-0.3, -0.25) is 0 Å². The maximum absolute atomic E-state index is 10.3. The van der Waals surface area contributed by atoms with Crippen LogP contribution in [-0.4, -0.2) is 168 Å². The van der Waals surface area contributed by atoms with E-state index in [-0.39, 0.29) is 0 Å². The summed E-state index contributed by atoms with van der Waals surface area (Å²) in [4.78, 5) is 0. The Balaban J connectivity index is 1.65. The predicted octanol–water partition coefficient (Wildman–Crippen LogP) is -7.57. The fourth-order valence-corrected chi connectivity index (χ4v) is 4.08. The lowest BCUT2D eigenvalue weighted by atomic mass is 9.98. The summed E-state index contributed by atoms with van der Waals surface area (Å²) in [5.74, 6) is -4.75. The van der Waals surface area contributed by atoms with Crippen molar-refractivity contribution >= 4 is 0 Å². The van der Waals surface area contributed by atoms with Gasteiger partial charge in [0.15, 0.2) is 6.29 Å². The van der Waals surface area contributed by atoms with E-state index >= 15 is 0 Å². The van der Waals surface area contributed by atoms with Crippen LogP contribution >= 0.6 is 0 Å². The van der Waals surface area contributed by atoms with Gasteiger partial charge in [-0.1, -0.05) is 0 Å². The molecule has 0 aromatic heterocycles. The first kappa shape index (κ1) is 27.9. The Morgan fingerprint density at radius 1 is 0.676 bits per heavy atom. The molecule has 3 rings (SSSR count). The Morgan fingerprint density at radius 3 is 1.79 bits per heavy atom. The SMILES string of the molecule is OC[C@H]1O[C@@](CO)(O[C@H]2O[C@H](COC[C@@]3(O)O[C@H](CO)[C@@H](O)[C@@H]3O)[C@@H](O)[C@H](O)[C@H]2O)[C@@H](O)[C@@H]1O. The van der Waals surface area contributed by atoms with Crippen molar-refractivity contribution in [2.45, 2.75) is 78.9 Å². The highest BCUT2D eigenvalue weighted by atomic mass is 16.8. The Hall–Kier alpha value is -0.640. The van der Waals surface area contributed by atoms with Crippen molar-refractivity contribution < 1.29 is 79.9 Å². The maximum atomic E-state index is 10.3. The van der Waals surface area contributed by atoms with Gasteiger partial charge in [0.1, 0.15) is 74.3 Å². The van der Waals surface area contributed by atoms with E-state index in [1.165, 1.54) is 0 Å². The molecule has 16 nitrogen and oxygen atoms in total. The van der Waals surface area contributed by atoms with Crippen LogP contribution in [-0.2, 0) is 23.7 Å². The van der Waals surface area contributed by atoms with E-state index in [1.807, 2.05) is 0 Å². The van der Waals surface area contributed by atoms with Gasteiger partial charge >= 0.3 is 0 Å². The third kappa shape index (κ3) is 4.96. The highest BCUT2D eigenvalue weighted by Crippen LogP contribution is 2.36. The van der Waals surface area contributed by atoms with Gasteiger partial charge in [0.25, 0.3) is 0 Å². The van der Waals surface area contributed by atoms with Crippen molar-refractivity contribution in [3.63, 3.8) is 0 Å². The minimum Gasteiger partial charge on any atom is -0.394 e. The molecule has 3 saturated heterocycles. The molecule has 0 aromatic carbocycles. The number of aliphatic hydroxyl groups excluding tert-OH is 10. The average molecular weight is 504 g/mol. The lowest BCUT2D eigenvalue weighted by Gasteiger charge is -2.43. The van der Waals surface area contributed by atoms with Crippen LogP contribution in [0.3, 0.4) is 0 Å². The molecule has 34 heavy (non-hydrogen) atoms. The van der Waals surface area contributed by atoms with E-state index in [0.717, 1.165) is 0 Å². The molecule has 3 aliphatic rings. The minimum absolute atomic E-state index is 0.583. The average Bonchev–Trinajstić information content (AvgIpc) is 3.20. The van der Waals surface area contributed by atoms with Crippen LogP contribution in [0.4, 0.5) is 0 Å². The fourth-order valence-electron chi connectivity index (χ4n) is 4.08. The normalized spacial score (nSPS) is 51.8. The van der Waals surface area contributed by atoms with E-state index in [9.17, 15) is 51.1 Å². The van der Waals surface area contributed by atoms with Gasteiger partial charge in [0.05, 0.1) is 19.8 Å². The van der Waals surface area contributed by atoms with Crippen LogP contribution in [0.25, 0.3) is 0 Å². The Bertz CT molecular complexity index is 670. The molecule has 16 heteroatoms. The van der Waals surface area contributed by atoms with E-state index in [1.54, 1.807) is 0 Å². The molecule has 200 valence electrons. The number of rotatable bonds is 9. The predicted molar refractivity (Wildman–Crippen MR) is 101 cm³/mol. The summed E-state index contributed by atoms with van der Waals surface area (Å²) in [6.07, 6.45) is -18.4. The van der Waals surface area contributed by atoms with Crippen LogP contribution in [0.5, 0.6) is 0 Å². The smallest absolute Gasteiger partial charge is 0.224 e. The van der Waals surface area contributed by atoms with Gasteiger partial charge in [0, 0.05) is 0 Å². The van der Waals surface area contributed by atoms with Crippen LogP contribution in [0.1, 0.15) is 0 Å². The quantitative estimate of drug-likeness (QED) is 0.139. The highest BCUT2D eigenvalue weighted by molar-refractivity contribution is 4.99. The van der Waals surface area contributed by atoms with E-state index in [2.05, 4.69) is 0 Å². The second-order valence-corrected chi connectivity index (χ2v) is 8.51. The Kier molecular flexibility index (Phi) is 8.85. The molecular formula is C18H32O16. The summed E-state index contributed by atoms with van der Waals surface area (Å²) < 4.78 is 26.2. The molecule has 0 saturated carbocycles. The molecule has 0 radical (unpaired) electrons. The molecule has 3 heterocycles. The van der Waals surface area contributed by atoms with Crippen LogP contribution in [0.15, 0.2) is 0 Å². The van der Waals surface area contributed by atoms with Crippen LogP contribution in [0, 0.1) is 0 Å². The number of hydrogen-bond donors (Lipinski definition) is 11. The molecule has 11 N–H and O–H groups in total. The molecule has 0 aliphatic carbocycles. The van der Waals surface area contributed by atoms with Crippen molar-refractivity contribution in [3.8, 4) is 0 Å². The summed E-state index contributed by atoms with van der Waals surface area (Å²) in [7, 11) is 0. The molecule has 0 bridgehead atoms. The standard InChI is InChI=1S/C18H32O16/c19-1-6-10(23)14(27)17(29,32-6)5-30-3-8-9(22)12(25)13(26)16(31-8)34-18(4-21)15(28)11(24)7(2-20)33-18/h6-16,19-29H,1-5H2/t6-,7-,8-,9-,10-,11-,12+,13-,14+,15+,16-,17-,18+/m1/s1. The fraction of sp³-hybridized carbons (Fsp3) is 1.00. The lowest BCUT2D eigenvalue weighted by molar-refractivity contribution is -0.385. The summed E-state index contributed by atoms with van der Waals surface area (Å²) in [5, 5.41) is 109. The van der Waals surface area contributed by atoms with Gasteiger partial charge < -0.3 is 79.9 Å². The summed E-state index contributed by atoms with van der Waals surface area (Å²) in [6, 6.07) is 0. The van der Waals surface area contributed by atoms with Crippen molar-refractivity contribution in [2.24, 2.45) is 0 Å². The van der Waals surface area contributed by atoms with Gasteiger partial charge in [0.2, 0.25) is 11.6 Å². The third-order valence-electron chi connectivity index (χ3n) is 6.18. The molecule has 0 amide bonds. The molecule has 3 fully saturated rings. The molecule has 0 aromatic rings. The number of aliphatic hydroxyl groups is 11. The Morgan fingerprint density at radius 2 is 1.26 bits per heavy atom. The molecular weight excluding hydrogens is 472 g/mol. The van der Waals surface area contributed by atoms with E-state index in [0.29, 0.717) is 0 Å². The second-order valence-electron chi connectivity index (χ2n) is 8.51. The highest BCUT2D eigenvalue weighted by Gasteiger charge is 2.58. The summed E-state index contributed by atoms with van der Waals surface area (Å²) in [5.41, 5.74) is 0.